The second kappa shape index (κ2) is 6.58. The highest BCUT2D eigenvalue weighted by Gasteiger charge is 2.21. The molecule has 0 rings (SSSR count). The molecule has 0 saturated carbocycles. The van der Waals surface area contributed by atoms with Gasteiger partial charge in [-0.15, -0.1) is 0 Å². The minimum atomic E-state index is -0.372. The summed E-state index contributed by atoms with van der Waals surface area (Å²) in [7, 11) is 2.15. The van der Waals surface area contributed by atoms with Gasteiger partial charge < -0.3 is 15.7 Å². The van der Waals surface area contributed by atoms with Gasteiger partial charge in [0.2, 0.25) is 0 Å². The lowest BCUT2D eigenvalue weighted by atomic mass is 9.92. The minimum Gasteiger partial charge on any atom is -0.394 e. The summed E-state index contributed by atoms with van der Waals surface area (Å²) in [6, 6.07) is 0. The van der Waals surface area contributed by atoms with E-state index in [2.05, 4.69) is 32.7 Å². The van der Waals surface area contributed by atoms with Crippen LogP contribution in [-0.2, 0) is 0 Å². The maximum Gasteiger partial charge on any atom is 0.0611 e. The second-order valence-electron chi connectivity index (χ2n) is 6.28. The smallest absolute Gasteiger partial charge is 0.0611 e. The van der Waals surface area contributed by atoms with Crippen LogP contribution in [0.25, 0.3) is 0 Å². The summed E-state index contributed by atoms with van der Waals surface area (Å²) >= 11 is 0. The maximum absolute atomic E-state index is 9.20. The highest BCUT2D eigenvalue weighted by atomic mass is 16.3. The number of aliphatic hydroxyl groups is 1. The van der Waals surface area contributed by atoms with Crippen molar-refractivity contribution in [1.29, 1.82) is 0 Å². The van der Waals surface area contributed by atoms with E-state index in [9.17, 15) is 5.11 Å². The first-order chi connectivity index (χ1) is 7.22. The molecule has 0 fully saturated rings. The molecule has 0 heterocycles. The number of hydrogen-bond acceptors (Lipinski definition) is 3. The predicted molar refractivity (Wildman–Crippen MR) is 70.5 cm³/mol. The Hall–Kier alpha value is -0.120. The molecule has 0 aliphatic heterocycles. The van der Waals surface area contributed by atoms with Crippen LogP contribution in [0.1, 0.15) is 47.0 Å². The van der Waals surface area contributed by atoms with Gasteiger partial charge >= 0.3 is 0 Å². The molecule has 1 unspecified atom stereocenters. The van der Waals surface area contributed by atoms with E-state index in [0.29, 0.717) is 5.41 Å². The Labute approximate surface area is 101 Å². The first kappa shape index (κ1) is 15.9. The molecule has 3 N–H and O–H groups in total. The summed E-state index contributed by atoms with van der Waals surface area (Å²) in [5, 5.41) is 9.20. The van der Waals surface area contributed by atoms with Crippen LogP contribution in [0.5, 0.6) is 0 Å². The molecule has 0 aromatic carbocycles. The summed E-state index contributed by atoms with van der Waals surface area (Å²) in [5.41, 5.74) is 6.01. The fraction of sp³-hybridized carbons (Fsp3) is 1.00. The Morgan fingerprint density at radius 2 is 1.81 bits per heavy atom. The Balaban J connectivity index is 3.81. The van der Waals surface area contributed by atoms with Crippen molar-refractivity contribution in [3.8, 4) is 0 Å². The zero-order valence-corrected chi connectivity index (χ0v) is 11.7. The predicted octanol–water partition coefficient (Wildman–Crippen LogP) is 1.84. The van der Waals surface area contributed by atoms with Gasteiger partial charge in [-0.05, 0) is 38.3 Å². The molecular formula is C13H30N2O. The molecule has 16 heavy (non-hydrogen) atoms. The Kier molecular flexibility index (Phi) is 6.53. The van der Waals surface area contributed by atoms with Crippen LogP contribution in [0.3, 0.4) is 0 Å². The van der Waals surface area contributed by atoms with Crippen LogP contribution in [0, 0.1) is 5.41 Å². The van der Waals surface area contributed by atoms with E-state index >= 15 is 0 Å². The molecule has 0 aromatic rings. The zero-order valence-electron chi connectivity index (χ0n) is 11.7. The van der Waals surface area contributed by atoms with E-state index in [1.807, 2.05) is 6.92 Å². The molecule has 0 bridgehead atoms. The molecule has 3 nitrogen and oxygen atoms in total. The lowest BCUT2D eigenvalue weighted by Crippen LogP contribution is -2.43. The lowest BCUT2D eigenvalue weighted by Gasteiger charge is -2.29. The van der Waals surface area contributed by atoms with E-state index in [4.69, 9.17) is 5.73 Å². The van der Waals surface area contributed by atoms with Gasteiger partial charge in [-0.3, -0.25) is 0 Å². The first-order valence-corrected chi connectivity index (χ1v) is 6.31. The van der Waals surface area contributed by atoms with Gasteiger partial charge in [0.05, 0.1) is 6.61 Å². The van der Waals surface area contributed by atoms with Crippen molar-refractivity contribution in [2.75, 3.05) is 26.7 Å². The highest BCUT2D eigenvalue weighted by Crippen LogP contribution is 2.16. The third kappa shape index (κ3) is 7.20. The monoisotopic (exact) mass is 230 g/mol. The normalized spacial score (nSPS) is 16.5. The molecule has 1 atom stereocenters. The van der Waals surface area contributed by atoms with Gasteiger partial charge in [0, 0.05) is 12.1 Å². The van der Waals surface area contributed by atoms with E-state index in [0.717, 1.165) is 32.4 Å². The summed E-state index contributed by atoms with van der Waals surface area (Å²) in [6.07, 6.45) is 2.79. The summed E-state index contributed by atoms with van der Waals surface area (Å²) in [6.45, 7) is 11.0. The van der Waals surface area contributed by atoms with Gasteiger partial charge in [0.1, 0.15) is 0 Å². The van der Waals surface area contributed by atoms with Crippen molar-refractivity contribution in [3.63, 3.8) is 0 Å². The summed E-state index contributed by atoms with van der Waals surface area (Å²) in [4.78, 5) is 2.34. The summed E-state index contributed by atoms with van der Waals surface area (Å²) < 4.78 is 0. The van der Waals surface area contributed by atoms with Gasteiger partial charge in [-0.1, -0.05) is 27.7 Å². The van der Waals surface area contributed by atoms with Crippen molar-refractivity contribution in [2.45, 2.75) is 52.5 Å². The molecule has 0 radical (unpaired) electrons. The molecule has 0 aliphatic rings. The van der Waals surface area contributed by atoms with Gasteiger partial charge in [-0.25, -0.2) is 0 Å². The van der Waals surface area contributed by atoms with Crippen molar-refractivity contribution in [1.82, 2.24) is 4.90 Å². The van der Waals surface area contributed by atoms with Gasteiger partial charge in [-0.2, -0.15) is 0 Å². The second-order valence-corrected chi connectivity index (χ2v) is 6.28. The van der Waals surface area contributed by atoms with Crippen molar-refractivity contribution in [3.05, 3.63) is 0 Å². The average Bonchev–Trinajstić information content (AvgIpc) is 2.14. The molecule has 0 aromatic heterocycles. The molecule has 98 valence electrons. The van der Waals surface area contributed by atoms with Crippen LogP contribution >= 0.6 is 0 Å². The number of rotatable bonds is 7. The fourth-order valence-electron chi connectivity index (χ4n) is 1.96. The van der Waals surface area contributed by atoms with Crippen molar-refractivity contribution in [2.24, 2.45) is 11.1 Å². The third-order valence-corrected chi connectivity index (χ3v) is 2.98. The first-order valence-electron chi connectivity index (χ1n) is 6.31. The Bertz CT molecular complexity index is 183. The lowest BCUT2D eigenvalue weighted by molar-refractivity contribution is 0.168. The maximum atomic E-state index is 9.20. The van der Waals surface area contributed by atoms with Crippen LogP contribution in [0.15, 0.2) is 0 Å². The van der Waals surface area contributed by atoms with Gasteiger partial charge in [0.15, 0.2) is 0 Å². The van der Waals surface area contributed by atoms with Crippen molar-refractivity contribution >= 4 is 0 Å². The SMILES string of the molecule is CCC(N)(CO)CCCN(C)CC(C)(C)C. The highest BCUT2D eigenvalue weighted by molar-refractivity contribution is 4.81. The molecule has 0 aliphatic carbocycles. The molecule has 0 spiro atoms. The topological polar surface area (TPSA) is 49.5 Å². The number of nitrogens with zero attached hydrogens (tertiary/aromatic N) is 1. The van der Waals surface area contributed by atoms with Crippen LogP contribution in [-0.4, -0.2) is 42.3 Å². The average molecular weight is 230 g/mol. The molecule has 3 heteroatoms. The van der Waals surface area contributed by atoms with Gasteiger partial charge in [0.25, 0.3) is 0 Å². The Morgan fingerprint density at radius 1 is 1.25 bits per heavy atom. The van der Waals surface area contributed by atoms with Crippen LogP contribution in [0.4, 0.5) is 0 Å². The van der Waals surface area contributed by atoms with E-state index < -0.39 is 0 Å². The Morgan fingerprint density at radius 3 is 2.19 bits per heavy atom. The third-order valence-electron chi connectivity index (χ3n) is 2.98. The molecular weight excluding hydrogens is 200 g/mol. The summed E-state index contributed by atoms with van der Waals surface area (Å²) in [5.74, 6) is 0. The largest absolute Gasteiger partial charge is 0.394 e. The zero-order chi connectivity index (χ0) is 12.8. The van der Waals surface area contributed by atoms with Crippen LogP contribution in [0.2, 0.25) is 0 Å². The standard InChI is InChI=1S/C13H30N2O/c1-6-13(14,11-16)8-7-9-15(5)10-12(2,3)4/h16H,6-11,14H2,1-5H3. The quantitative estimate of drug-likeness (QED) is 0.701. The van der Waals surface area contributed by atoms with E-state index in [1.165, 1.54) is 0 Å². The number of nitrogens with two attached hydrogens (primary N) is 1. The van der Waals surface area contributed by atoms with E-state index in [1.54, 1.807) is 0 Å². The van der Waals surface area contributed by atoms with E-state index in [-0.39, 0.29) is 12.1 Å². The number of aliphatic hydroxyl groups excluding tert-OH is 1. The fourth-order valence-corrected chi connectivity index (χ4v) is 1.96. The minimum absolute atomic E-state index is 0.0898. The molecule has 0 amide bonds. The van der Waals surface area contributed by atoms with Crippen LogP contribution < -0.4 is 5.73 Å². The molecule has 0 saturated heterocycles. The van der Waals surface area contributed by atoms with Crippen molar-refractivity contribution < 1.29 is 5.11 Å². The number of hydrogen-bond donors (Lipinski definition) is 2.